The number of likely N-dealkylation sites (tertiary alicyclic amines) is 1. The molecule has 6 rings (SSSR count). The van der Waals surface area contributed by atoms with Gasteiger partial charge in [-0.2, -0.15) is 8.42 Å². The lowest BCUT2D eigenvalue weighted by molar-refractivity contribution is 0.0364. The van der Waals surface area contributed by atoms with Gasteiger partial charge in [0.05, 0.1) is 30.5 Å². The highest BCUT2D eigenvalue weighted by molar-refractivity contribution is 7.85. The van der Waals surface area contributed by atoms with Gasteiger partial charge in [0.2, 0.25) is 5.88 Å². The lowest BCUT2D eigenvalue weighted by Gasteiger charge is -2.31. The van der Waals surface area contributed by atoms with Crippen molar-refractivity contribution in [2.45, 2.75) is 32.4 Å². The number of piperidine rings is 1. The summed E-state index contributed by atoms with van der Waals surface area (Å²) >= 11 is 0. The minimum Gasteiger partial charge on any atom is -0.478 e. The summed E-state index contributed by atoms with van der Waals surface area (Å²) in [7, 11) is -3.67. The Morgan fingerprint density at radius 1 is 0.955 bits per heavy atom. The number of esters is 1. The van der Waals surface area contributed by atoms with Crippen LogP contribution in [0.15, 0.2) is 72.8 Å². The zero-order chi connectivity index (χ0) is 31.3. The molecule has 2 aliphatic rings. The van der Waals surface area contributed by atoms with Gasteiger partial charge in [0.1, 0.15) is 5.56 Å². The van der Waals surface area contributed by atoms with Crippen molar-refractivity contribution < 1.29 is 37.1 Å². The molecule has 2 aliphatic heterocycles. The van der Waals surface area contributed by atoms with Gasteiger partial charge in [0.25, 0.3) is 10.1 Å². The summed E-state index contributed by atoms with van der Waals surface area (Å²) in [6.07, 6.45) is 3.60. The molecule has 1 saturated heterocycles. The molecule has 0 unspecified atom stereocenters. The van der Waals surface area contributed by atoms with Crippen molar-refractivity contribution >= 4 is 33.0 Å². The van der Waals surface area contributed by atoms with E-state index < -0.39 is 16.1 Å². The highest BCUT2D eigenvalue weighted by atomic mass is 32.2. The van der Waals surface area contributed by atoms with Gasteiger partial charge in [-0.1, -0.05) is 60.7 Å². The van der Waals surface area contributed by atoms with Crippen LogP contribution in [-0.4, -0.2) is 72.0 Å². The second-order valence-electron chi connectivity index (χ2n) is 11.1. The first-order valence-electron chi connectivity index (χ1n) is 14.6. The number of rotatable bonds is 7. The third-order valence-corrected chi connectivity index (χ3v) is 7.88. The van der Waals surface area contributed by atoms with E-state index in [2.05, 4.69) is 21.6 Å². The highest BCUT2D eigenvalue weighted by Gasteiger charge is 2.28. The molecule has 11 heteroatoms. The summed E-state index contributed by atoms with van der Waals surface area (Å²) in [6.45, 7) is 4.61. The third-order valence-electron chi connectivity index (χ3n) is 7.88. The molecule has 0 radical (unpaired) electrons. The number of carbonyl (C=O) groups is 2. The van der Waals surface area contributed by atoms with E-state index in [0.717, 1.165) is 67.5 Å². The Balaban J connectivity index is 0.000000712. The maximum Gasteiger partial charge on any atom is 0.344 e. The topological polar surface area (TPSA) is 135 Å². The molecular weight excluding hydrogens is 584 g/mol. The monoisotopic (exact) mass is 620 g/mol. The zero-order valence-electron chi connectivity index (χ0n) is 24.5. The Kier molecular flexibility index (Phi) is 9.68. The number of aryl methyl sites for hydroxylation is 1. The van der Waals surface area contributed by atoms with Gasteiger partial charge >= 0.3 is 11.9 Å². The standard InChI is InChI=1S/C32H32N2O5.CH4O3S/c35-31(36)26-7-2-1-6-25(26)24-12-10-22(11-13-24)20-33-17-14-23(15-18-33)21-39-32(37)29-27-8-3-4-9-28(27)34-16-5-19-38-30(29)34;1-5(2,3)4/h1-4,6-13,23H,5,14-21H2,(H,35,36);1H3,(H,2,3,4). The van der Waals surface area contributed by atoms with E-state index in [9.17, 15) is 23.1 Å². The number of aromatic carboxylic acids is 1. The second-order valence-corrected chi connectivity index (χ2v) is 12.6. The molecule has 3 aromatic carbocycles. The van der Waals surface area contributed by atoms with E-state index in [0.29, 0.717) is 42.4 Å². The van der Waals surface area contributed by atoms with E-state index in [1.54, 1.807) is 12.1 Å². The van der Waals surface area contributed by atoms with Crippen molar-refractivity contribution in [2.24, 2.45) is 5.92 Å². The predicted octanol–water partition coefficient (Wildman–Crippen LogP) is 5.36. The Bertz CT molecular complexity index is 1730. The molecule has 2 N–H and O–H groups in total. The van der Waals surface area contributed by atoms with Crippen LogP contribution >= 0.6 is 0 Å². The number of benzene rings is 3. The smallest absolute Gasteiger partial charge is 0.344 e. The molecule has 44 heavy (non-hydrogen) atoms. The molecule has 0 spiro atoms. The van der Waals surface area contributed by atoms with Gasteiger partial charge in [-0.15, -0.1) is 0 Å². The Hall–Kier alpha value is -4.19. The van der Waals surface area contributed by atoms with Gasteiger partial charge in [-0.25, -0.2) is 9.59 Å². The molecule has 0 saturated carbocycles. The molecule has 3 heterocycles. The summed E-state index contributed by atoms with van der Waals surface area (Å²) < 4.78 is 39.7. The number of aromatic nitrogens is 1. The summed E-state index contributed by atoms with van der Waals surface area (Å²) in [4.78, 5) is 27.2. The van der Waals surface area contributed by atoms with Gasteiger partial charge in [-0.3, -0.25) is 9.45 Å². The Labute approximate surface area is 256 Å². The van der Waals surface area contributed by atoms with Crippen LogP contribution in [0.5, 0.6) is 5.88 Å². The van der Waals surface area contributed by atoms with Crippen LogP contribution in [0.25, 0.3) is 22.0 Å². The van der Waals surface area contributed by atoms with Crippen molar-refractivity contribution in [1.82, 2.24) is 9.47 Å². The summed E-state index contributed by atoms with van der Waals surface area (Å²) in [5, 5.41) is 10.4. The van der Waals surface area contributed by atoms with Gasteiger partial charge in [-0.05, 0) is 67.1 Å². The van der Waals surface area contributed by atoms with Crippen LogP contribution in [-0.2, 0) is 27.9 Å². The van der Waals surface area contributed by atoms with E-state index in [-0.39, 0.29) is 5.97 Å². The zero-order valence-corrected chi connectivity index (χ0v) is 25.3. The van der Waals surface area contributed by atoms with E-state index in [4.69, 9.17) is 14.0 Å². The second kappa shape index (κ2) is 13.6. The number of carboxylic acid groups (broad SMARTS) is 1. The van der Waals surface area contributed by atoms with Crippen molar-refractivity contribution in [2.75, 3.05) is 32.6 Å². The number of hydrogen-bond donors (Lipinski definition) is 2. The SMILES string of the molecule is CS(=O)(=O)O.O=C(O)c1ccccc1-c1ccc(CN2CCC(COC(=O)c3c4n(c5ccccc35)CCCO4)CC2)cc1. The fourth-order valence-corrected chi connectivity index (χ4v) is 5.79. The number of para-hydroxylation sites is 1. The molecule has 0 atom stereocenters. The molecule has 1 fully saturated rings. The van der Waals surface area contributed by atoms with E-state index in [1.165, 1.54) is 5.56 Å². The predicted molar refractivity (Wildman–Crippen MR) is 167 cm³/mol. The van der Waals surface area contributed by atoms with Crippen molar-refractivity contribution in [3.05, 3.63) is 89.5 Å². The number of ether oxygens (including phenoxy) is 2. The van der Waals surface area contributed by atoms with Crippen LogP contribution in [0.4, 0.5) is 0 Å². The highest BCUT2D eigenvalue weighted by Crippen LogP contribution is 2.35. The lowest BCUT2D eigenvalue weighted by Crippen LogP contribution is -2.35. The molecule has 0 aliphatic carbocycles. The third kappa shape index (κ3) is 7.65. The molecule has 0 amide bonds. The van der Waals surface area contributed by atoms with Crippen LogP contribution in [0, 0.1) is 5.92 Å². The minimum absolute atomic E-state index is 0.297. The fraction of sp³-hybridized carbons (Fsp3) is 0.333. The summed E-state index contributed by atoms with van der Waals surface area (Å²) in [5.74, 6) is -0.239. The molecular formula is C33H36N2O8S. The summed E-state index contributed by atoms with van der Waals surface area (Å²) in [6, 6.07) is 23.2. The first kappa shape index (κ1) is 31.2. The largest absolute Gasteiger partial charge is 0.478 e. The maximum atomic E-state index is 13.2. The number of nitrogens with zero attached hydrogens (tertiary/aromatic N) is 2. The lowest BCUT2D eigenvalue weighted by atomic mass is 9.96. The van der Waals surface area contributed by atoms with Crippen LogP contribution in [0.3, 0.4) is 0 Å². The average molecular weight is 621 g/mol. The van der Waals surface area contributed by atoms with Crippen LogP contribution in [0.1, 0.15) is 45.5 Å². The minimum atomic E-state index is -3.67. The fourth-order valence-electron chi connectivity index (χ4n) is 5.79. The van der Waals surface area contributed by atoms with Crippen LogP contribution in [0.2, 0.25) is 0 Å². The number of carbonyl (C=O) groups excluding carboxylic acids is 1. The van der Waals surface area contributed by atoms with E-state index in [1.807, 2.05) is 48.5 Å². The Morgan fingerprint density at radius 2 is 1.61 bits per heavy atom. The van der Waals surface area contributed by atoms with Crippen molar-refractivity contribution in [3.8, 4) is 17.0 Å². The first-order chi connectivity index (χ1) is 21.1. The average Bonchev–Trinajstić information content (AvgIpc) is 3.35. The van der Waals surface area contributed by atoms with Gasteiger partial charge < -0.3 is 19.1 Å². The van der Waals surface area contributed by atoms with Crippen LogP contribution < -0.4 is 4.74 Å². The first-order valence-corrected chi connectivity index (χ1v) is 16.4. The summed E-state index contributed by atoms with van der Waals surface area (Å²) in [5.41, 5.74) is 4.71. The van der Waals surface area contributed by atoms with E-state index >= 15 is 0 Å². The number of fused-ring (bicyclic) bond motifs is 3. The number of carboxylic acids is 1. The van der Waals surface area contributed by atoms with Crippen molar-refractivity contribution in [3.63, 3.8) is 0 Å². The molecule has 232 valence electrons. The normalized spacial score (nSPS) is 15.5. The maximum absolute atomic E-state index is 13.2. The molecule has 0 bridgehead atoms. The Morgan fingerprint density at radius 3 is 2.32 bits per heavy atom. The quantitative estimate of drug-likeness (QED) is 0.207. The number of hydrogen-bond acceptors (Lipinski definition) is 7. The van der Waals surface area contributed by atoms with Crippen molar-refractivity contribution in [1.29, 1.82) is 0 Å². The molecule has 10 nitrogen and oxygen atoms in total. The molecule has 4 aromatic rings. The molecule has 1 aromatic heterocycles. The van der Waals surface area contributed by atoms with Gasteiger partial charge in [0.15, 0.2) is 0 Å². The van der Waals surface area contributed by atoms with Gasteiger partial charge in [0, 0.05) is 18.5 Å².